The molecule has 1 heterocycles. The number of benzene rings is 1. The average molecular weight is 208 g/mol. The molecule has 2 nitrogen and oxygen atoms in total. The highest BCUT2D eigenvalue weighted by molar-refractivity contribution is 6.62. The van der Waals surface area contributed by atoms with E-state index in [0.717, 1.165) is 21.6 Å². The quantitative estimate of drug-likeness (QED) is 0.659. The Morgan fingerprint density at radius 1 is 1.07 bits per heavy atom. The maximum Gasteiger partial charge on any atom is 0.632 e. The normalized spacial score (nSPS) is 14.1. The molecule has 0 fully saturated rings. The van der Waals surface area contributed by atoms with Crippen LogP contribution in [-0.2, 0) is 9.31 Å². The molecule has 1 aliphatic rings. The molecule has 1 aromatic rings. The summed E-state index contributed by atoms with van der Waals surface area (Å²) < 4.78 is 10.5. The Morgan fingerprint density at radius 3 is 2.36 bits per heavy atom. The van der Waals surface area contributed by atoms with Crippen molar-refractivity contribution < 1.29 is 9.31 Å². The van der Waals surface area contributed by atoms with Crippen LogP contribution in [0.15, 0.2) is 24.7 Å². The number of rotatable bonds is 1. The monoisotopic (exact) mass is 208 g/mol. The van der Waals surface area contributed by atoms with Crippen LogP contribution in [-0.4, -0.2) is 7.12 Å². The first-order chi connectivity index (χ1) is 6.68. The minimum absolute atomic E-state index is 0.314. The van der Waals surface area contributed by atoms with Gasteiger partial charge in [-0.2, -0.15) is 0 Å². The molecule has 72 valence electrons. The second kappa shape index (κ2) is 3.58. The molecule has 0 N–H and O–H groups in total. The van der Waals surface area contributed by atoms with Gasteiger partial charge in [0.1, 0.15) is 0 Å². The van der Waals surface area contributed by atoms with E-state index < -0.39 is 0 Å². The Labute approximate surface area is 88.6 Å². The van der Waals surface area contributed by atoms with Crippen LogP contribution in [0.4, 0.5) is 0 Å². The third-order valence-corrected chi connectivity index (χ3v) is 2.67. The van der Waals surface area contributed by atoms with Crippen LogP contribution in [0.1, 0.15) is 11.1 Å². The molecule has 1 aromatic carbocycles. The van der Waals surface area contributed by atoms with Crippen molar-refractivity contribution in [3.05, 3.63) is 40.8 Å². The smallest absolute Gasteiger partial charge is 0.525 e. The predicted molar refractivity (Wildman–Crippen MR) is 57.6 cm³/mol. The highest BCUT2D eigenvalue weighted by atomic mass is 35.5. The van der Waals surface area contributed by atoms with Gasteiger partial charge in [0.05, 0.1) is 12.5 Å². The molecule has 14 heavy (non-hydrogen) atoms. The van der Waals surface area contributed by atoms with Gasteiger partial charge in [0.2, 0.25) is 0 Å². The minimum Gasteiger partial charge on any atom is -0.525 e. The standard InChI is InChI=1S/C10H10BClO2/c1-7-6-10(12)8(2)5-9(7)11-13-3-4-14-11/h3-6H,1-2H3. The van der Waals surface area contributed by atoms with Crippen LogP contribution in [0, 0.1) is 13.8 Å². The third-order valence-electron chi connectivity index (χ3n) is 2.26. The molecular weight excluding hydrogens is 198 g/mol. The minimum atomic E-state index is -0.314. The summed E-state index contributed by atoms with van der Waals surface area (Å²) in [6.07, 6.45) is 3.10. The number of hydrogen-bond donors (Lipinski definition) is 0. The molecule has 0 radical (unpaired) electrons. The van der Waals surface area contributed by atoms with E-state index in [1.54, 1.807) is 12.5 Å². The van der Waals surface area contributed by atoms with Gasteiger partial charge in [-0.15, -0.1) is 0 Å². The van der Waals surface area contributed by atoms with E-state index in [4.69, 9.17) is 20.9 Å². The van der Waals surface area contributed by atoms with Crippen LogP contribution in [0.5, 0.6) is 0 Å². The fourth-order valence-corrected chi connectivity index (χ4v) is 1.66. The number of halogens is 1. The van der Waals surface area contributed by atoms with Gasteiger partial charge in [0, 0.05) is 10.5 Å². The Balaban J connectivity index is 2.38. The Hall–Kier alpha value is -1.09. The molecule has 1 aliphatic heterocycles. The van der Waals surface area contributed by atoms with Crippen molar-refractivity contribution in [2.24, 2.45) is 0 Å². The molecule has 4 heteroatoms. The van der Waals surface area contributed by atoms with Crippen LogP contribution in [0.2, 0.25) is 5.02 Å². The maximum atomic E-state index is 6.00. The number of aryl methyl sites for hydroxylation is 2. The van der Waals surface area contributed by atoms with Crippen LogP contribution in [0.25, 0.3) is 0 Å². The SMILES string of the molecule is Cc1cc(B2OC=CO2)c(C)cc1Cl. The van der Waals surface area contributed by atoms with Gasteiger partial charge in [-0.25, -0.2) is 0 Å². The zero-order chi connectivity index (χ0) is 10.1. The van der Waals surface area contributed by atoms with Crippen molar-refractivity contribution in [3.63, 3.8) is 0 Å². The first-order valence-electron chi connectivity index (χ1n) is 4.41. The molecule has 0 unspecified atom stereocenters. The number of hydrogen-bond acceptors (Lipinski definition) is 2. The molecule has 0 bridgehead atoms. The van der Waals surface area contributed by atoms with Crippen LogP contribution >= 0.6 is 11.6 Å². The van der Waals surface area contributed by atoms with Gasteiger partial charge >= 0.3 is 7.12 Å². The molecule has 0 spiro atoms. The summed E-state index contributed by atoms with van der Waals surface area (Å²) in [6.45, 7) is 3.96. The van der Waals surface area contributed by atoms with E-state index in [9.17, 15) is 0 Å². The fourth-order valence-electron chi connectivity index (χ4n) is 1.44. The lowest BCUT2D eigenvalue weighted by Gasteiger charge is -2.10. The zero-order valence-electron chi connectivity index (χ0n) is 8.08. The second-order valence-electron chi connectivity index (χ2n) is 3.33. The van der Waals surface area contributed by atoms with Gasteiger partial charge in [0.15, 0.2) is 0 Å². The largest absolute Gasteiger partial charge is 0.632 e. The van der Waals surface area contributed by atoms with Gasteiger partial charge in [-0.3, -0.25) is 0 Å². The van der Waals surface area contributed by atoms with Gasteiger partial charge in [-0.05, 0) is 31.0 Å². The van der Waals surface area contributed by atoms with Crippen LogP contribution in [0.3, 0.4) is 0 Å². The first-order valence-corrected chi connectivity index (χ1v) is 4.79. The molecule has 0 saturated heterocycles. The Kier molecular flexibility index (Phi) is 2.42. The zero-order valence-corrected chi connectivity index (χ0v) is 8.84. The molecule has 2 rings (SSSR count). The van der Waals surface area contributed by atoms with Crippen molar-refractivity contribution in [1.82, 2.24) is 0 Å². The van der Waals surface area contributed by atoms with Gasteiger partial charge in [0.25, 0.3) is 0 Å². The lowest BCUT2D eigenvalue weighted by molar-refractivity contribution is 0.423. The predicted octanol–water partition coefficient (Wildman–Crippen LogP) is 2.17. The van der Waals surface area contributed by atoms with Gasteiger partial charge in [-0.1, -0.05) is 17.7 Å². The average Bonchev–Trinajstić information content (AvgIpc) is 2.64. The second-order valence-corrected chi connectivity index (χ2v) is 3.74. The lowest BCUT2D eigenvalue weighted by atomic mass is 9.76. The third kappa shape index (κ3) is 1.60. The highest BCUT2D eigenvalue weighted by Gasteiger charge is 2.28. The first kappa shape index (κ1) is 9.47. The van der Waals surface area contributed by atoms with E-state index >= 15 is 0 Å². The molecule has 0 atom stereocenters. The highest BCUT2D eigenvalue weighted by Crippen LogP contribution is 2.16. The fraction of sp³-hybridized carbons (Fsp3) is 0.200. The van der Waals surface area contributed by atoms with Crippen molar-refractivity contribution in [2.45, 2.75) is 13.8 Å². The summed E-state index contributed by atoms with van der Waals surface area (Å²) in [5.74, 6) is 0. The van der Waals surface area contributed by atoms with Crippen molar-refractivity contribution in [3.8, 4) is 0 Å². The Morgan fingerprint density at radius 2 is 1.71 bits per heavy atom. The van der Waals surface area contributed by atoms with Crippen molar-refractivity contribution >= 4 is 24.2 Å². The van der Waals surface area contributed by atoms with Crippen molar-refractivity contribution in [1.29, 1.82) is 0 Å². The van der Waals surface area contributed by atoms with E-state index in [1.165, 1.54) is 0 Å². The maximum absolute atomic E-state index is 6.00. The van der Waals surface area contributed by atoms with E-state index in [0.29, 0.717) is 0 Å². The summed E-state index contributed by atoms with van der Waals surface area (Å²) in [6, 6.07) is 3.92. The summed E-state index contributed by atoms with van der Waals surface area (Å²) in [7, 11) is -0.314. The van der Waals surface area contributed by atoms with Crippen molar-refractivity contribution in [2.75, 3.05) is 0 Å². The summed E-state index contributed by atoms with van der Waals surface area (Å²) in [5, 5.41) is 0.775. The van der Waals surface area contributed by atoms with Gasteiger partial charge < -0.3 is 9.31 Å². The van der Waals surface area contributed by atoms with Crippen LogP contribution < -0.4 is 5.46 Å². The molecular formula is C10H10BClO2. The van der Waals surface area contributed by atoms with E-state index in [2.05, 4.69) is 0 Å². The lowest BCUT2D eigenvalue weighted by Crippen LogP contribution is -2.33. The van der Waals surface area contributed by atoms with E-state index in [-0.39, 0.29) is 7.12 Å². The summed E-state index contributed by atoms with van der Waals surface area (Å²) >= 11 is 6.00. The summed E-state index contributed by atoms with van der Waals surface area (Å²) in [5.41, 5.74) is 3.14. The Bertz CT molecular complexity index is 382. The molecule has 0 aliphatic carbocycles. The topological polar surface area (TPSA) is 18.5 Å². The molecule has 0 saturated carbocycles. The molecule has 0 amide bonds. The molecule has 0 aromatic heterocycles. The van der Waals surface area contributed by atoms with E-state index in [1.807, 2.05) is 26.0 Å². The summed E-state index contributed by atoms with van der Waals surface area (Å²) in [4.78, 5) is 0.